The Morgan fingerprint density at radius 3 is 1.73 bits per heavy atom. The van der Waals surface area contributed by atoms with Gasteiger partial charge in [-0.15, -0.1) is 0 Å². The molecule has 0 radical (unpaired) electrons. The predicted molar refractivity (Wildman–Crippen MR) is 173 cm³/mol. The smallest absolute Gasteiger partial charge is 0.328 e. The van der Waals surface area contributed by atoms with Crippen LogP contribution in [0.5, 0.6) is 0 Å². The summed E-state index contributed by atoms with van der Waals surface area (Å²) >= 11 is 0. The van der Waals surface area contributed by atoms with Crippen LogP contribution in [0.4, 0.5) is 0 Å². The van der Waals surface area contributed by atoms with Gasteiger partial charge in [0.1, 0.15) is 36.3 Å². The van der Waals surface area contributed by atoms with Crippen LogP contribution in [0.2, 0.25) is 0 Å². The summed E-state index contributed by atoms with van der Waals surface area (Å²) in [6.07, 6.45) is -1.13. The van der Waals surface area contributed by atoms with Crippen LogP contribution in [0.3, 0.4) is 0 Å². The van der Waals surface area contributed by atoms with E-state index in [1.54, 1.807) is 0 Å². The number of aliphatic imine (C=N–C) groups is 1. The summed E-state index contributed by atoms with van der Waals surface area (Å²) in [5, 5.41) is 39.2. The molecule has 51 heavy (non-hydrogen) atoms. The first-order valence-corrected chi connectivity index (χ1v) is 15.5. The van der Waals surface area contributed by atoms with Crippen molar-refractivity contribution in [2.24, 2.45) is 33.7 Å². The fourth-order valence-corrected chi connectivity index (χ4v) is 4.80. The first-order valence-electron chi connectivity index (χ1n) is 15.5. The van der Waals surface area contributed by atoms with Gasteiger partial charge in [-0.05, 0) is 25.7 Å². The Morgan fingerprint density at radius 2 is 1.24 bits per heavy atom. The highest BCUT2D eigenvalue weighted by Gasteiger charge is 2.40. The van der Waals surface area contributed by atoms with Gasteiger partial charge in [-0.3, -0.25) is 43.3 Å². The largest absolute Gasteiger partial charge is 0.480 e. The third-order valence-electron chi connectivity index (χ3n) is 7.29. The second kappa shape index (κ2) is 21.5. The van der Waals surface area contributed by atoms with Crippen molar-refractivity contribution in [3.05, 3.63) is 0 Å². The minimum atomic E-state index is -1.81. The van der Waals surface area contributed by atoms with Crippen LogP contribution in [-0.4, -0.2) is 149 Å². The van der Waals surface area contributed by atoms with Gasteiger partial charge >= 0.3 is 5.97 Å². The number of carboxylic acid groups (broad SMARTS) is 1. The number of amides is 8. The average molecular weight is 731 g/mol. The zero-order chi connectivity index (χ0) is 38.8. The molecule has 24 heteroatoms. The molecular formula is C27H46N12O12. The molecule has 18 N–H and O–H groups in total. The van der Waals surface area contributed by atoms with E-state index in [1.165, 1.54) is 0 Å². The summed E-state index contributed by atoms with van der Waals surface area (Å²) in [6, 6.07) is -9.42. The number of hydrogen-bond acceptors (Lipinski definition) is 13. The molecule has 0 spiro atoms. The summed E-state index contributed by atoms with van der Waals surface area (Å²) in [6.45, 7) is -2.52. The van der Waals surface area contributed by atoms with Gasteiger partial charge < -0.3 is 75.5 Å². The van der Waals surface area contributed by atoms with Gasteiger partial charge in [0, 0.05) is 13.1 Å². The number of likely N-dealkylation sites (tertiary alicyclic amines) is 1. The highest BCUT2D eigenvalue weighted by molar-refractivity contribution is 5.99. The number of rotatable bonds is 22. The molecule has 0 bridgehead atoms. The van der Waals surface area contributed by atoms with E-state index in [4.69, 9.17) is 28.7 Å². The Labute approximate surface area is 290 Å². The molecule has 0 unspecified atom stereocenters. The molecule has 0 aliphatic carbocycles. The molecule has 1 saturated heterocycles. The van der Waals surface area contributed by atoms with E-state index in [2.05, 4.69) is 31.6 Å². The van der Waals surface area contributed by atoms with Crippen molar-refractivity contribution in [1.82, 2.24) is 31.5 Å². The molecule has 24 nitrogen and oxygen atoms in total. The zero-order valence-electron chi connectivity index (χ0n) is 27.5. The van der Waals surface area contributed by atoms with Crippen molar-refractivity contribution in [1.29, 1.82) is 0 Å². The number of aliphatic hydroxyl groups is 2. The van der Waals surface area contributed by atoms with E-state index in [-0.39, 0.29) is 38.3 Å². The quantitative estimate of drug-likeness (QED) is 0.0279. The van der Waals surface area contributed by atoms with Crippen molar-refractivity contribution >= 4 is 59.2 Å². The van der Waals surface area contributed by atoms with Gasteiger partial charge in [-0.2, -0.15) is 0 Å². The van der Waals surface area contributed by atoms with Gasteiger partial charge in [-0.1, -0.05) is 0 Å². The lowest BCUT2D eigenvalue weighted by Crippen LogP contribution is -2.60. The highest BCUT2D eigenvalue weighted by Crippen LogP contribution is 2.20. The van der Waals surface area contributed by atoms with E-state index in [1.807, 2.05) is 0 Å². The standard InChI is InChI=1S/C27H46N12O12/c28-9-20(44)34-13(7-18(29)42)21(45)37-15(10-40)23(47)36-14(8-19(30)43)22(46)35-12(3-1-5-33-27(31)32)25(49)39-6-2-4-17(39)24(48)38-16(11-41)26(50)51/h12-17,40-41H,1-11,28H2,(H2,29,42)(H2,30,43)(H,34,44)(H,35,46)(H,36,47)(H,37,45)(H,38,48)(H,50,51)(H4,31,32,33)/t12-,13-,14-,15-,16-,17-/m0/s1. The second-order valence-corrected chi connectivity index (χ2v) is 11.3. The van der Waals surface area contributed by atoms with Gasteiger partial charge in [0.15, 0.2) is 5.96 Å². The van der Waals surface area contributed by atoms with Crippen molar-refractivity contribution < 1.29 is 58.5 Å². The van der Waals surface area contributed by atoms with Gasteiger partial charge in [-0.25, -0.2) is 4.79 Å². The monoisotopic (exact) mass is 730 g/mol. The van der Waals surface area contributed by atoms with Crippen molar-refractivity contribution in [3.63, 3.8) is 0 Å². The number of nitrogens with one attached hydrogen (secondary N) is 5. The van der Waals surface area contributed by atoms with Crippen LogP contribution in [0.1, 0.15) is 38.5 Å². The predicted octanol–water partition coefficient (Wildman–Crippen LogP) is -8.77. The van der Waals surface area contributed by atoms with Crippen LogP contribution in [-0.2, 0) is 43.2 Å². The Kier molecular flexibility index (Phi) is 18.3. The minimum absolute atomic E-state index is 0.00446. The molecule has 0 aromatic rings. The third kappa shape index (κ3) is 14.8. The van der Waals surface area contributed by atoms with E-state index in [9.17, 15) is 58.5 Å². The molecule has 0 saturated carbocycles. The second-order valence-electron chi connectivity index (χ2n) is 11.3. The number of hydrogen-bond donors (Lipinski definition) is 13. The van der Waals surface area contributed by atoms with Crippen molar-refractivity contribution in [2.75, 3.05) is 32.8 Å². The molecule has 6 atom stereocenters. The topological polar surface area (TPSA) is 420 Å². The molecule has 1 aliphatic heterocycles. The maximum atomic E-state index is 13.7. The number of carbonyl (C=O) groups is 9. The van der Waals surface area contributed by atoms with E-state index < -0.39 is 122 Å². The molecule has 8 amide bonds. The van der Waals surface area contributed by atoms with E-state index >= 15 is 0 Å². The summed E-state index contributed by atoms with van der Waals surface area (Å²) in [5.41, 5.74) is 26.3. The van der Waals surface area contributed by atoms with Crippen LogP contribution < -0.4 is 55.3 Å². The molecule has 0 aromatic carbocycles. The highest BCUT2D eigenvalue weighted by atomic mass is 16.4. The maximum absolute atomic E-state index is 13.7. The SMILES string of the molecule is NCC(=O)N[C@@H](CC(N)=O)C(=O)N[C@@H](CO)C(=O)N[C@@H](CC(N)=O)C(=O)N[C@@H](CCCN=C(N)N)C(=O)N1CCC[C@H]1C(=O)N[C@@H](CO)C(=O)O. The normalized spacial score (nSPS) is 16.6. The first-order chi connectivity index (χ1) is 23.9. The fourth-order valence-electron chi connectivity index (χ4n) is 4.80. The number of carboxylic acids is 1. The molecule has 1 rings (SSSR count). The number of aliphatic carboxylic acids is 1. The van der Waals surface area contributed by atoms with E-state index in [0.717, 1.165) is 4.90 Å². The van der Waals surface area contributed by atoms with Gasteiger partial charge in [0.25, 0.3) is 0 Å². The molecular weight excluding hydrogens is 684 g/mol. The Bertz CT molecular complexity index is 1340. The third-order valence-corrected chi connectivity index (χ3v) is 7.29. The minimum Gasteiger partial charge on any atom is -0.480 e. The van der Waals surface area contributed by atoms with Gasteiger partial charge in [0.05, 0.1) is 32.6 Å². The number of nitrogens with two attached hydrogens (primary N) is 5. The Balaban J connectivity index is 3.26. The average Bonchev–Trinajstić information content (AvgIpc) is 3.55. The Morgan fingerprint density at radius 1 is 0.725 bits per heavy atom. The summed E-state index contributed by atoms with van der Waals surface area (Å²) in [5.74, 6) is -9.87. The molecule has 286 valence electrons. The van der Waals surface area contributed by atoms with Gasteiger partial charge in [0.2, 0.25) is 47.3 Å². The fraction of sp³-hybridized carbons (Fsp3) is 0.630. The summed E-state index contributed by atoms with van der Waals surface area (Å²) in [7, 11) is 0. The number of nitrogens with zero attached hydrogens (tertiary/aromatic N) is 2. The van der Waals surface area contributed by atoms with E-state index in [0.29, 0.717) is 6.42 Å². The molecule has 1 fully saturated rings. The number of primary amides is 2. The number of carbonyl (C=O) groups excluding carboxylic acids is 8. The summed E-state index contributed by atoms with van der Waals surface area (Å²) in [4.78, 5) is 117. The van der Waals surface area contributed by atoms with Crippen LogP contribution in [0.25, 0.3) is 0 Å². The molecule has 0 aromatic heterocycles. The maximum Gasteiger partial charge on any atom is 0.328 e. The molecule has 1 aliphatic rings. The van der Waals surface area contributed by atoms with Crippen LogP contribution in [0.15, 0.2) is 4.99 Å². The van der Waals surface area contributed by atoms with Crippen molar-refractivity contribution in [2.45, 2.75) is 74.8 Å². The lowest BCUT2D eigenvalue weighted by Gasteiger charge is -2.30. The van der Waals surface area contributed by atoms with Crippen molar-refractivity contribution in [3.8, 4) is 0 Å². The summed E-state index contributed by atoms with van der Waals surface area (Å²) < 4.78 is 0. The molecule has 1 heterocycles. The zero-order valence-corrected chi connectivity index (χ0v) is 27.5. The van der Waals surface area contributed by atoms with Crippen LogP contribution in [0, 0.1) is 0 Å². The lowest BCUT2D eigenvalue weighted by atomic mass is 10.1. The Hall–Kier alpha value is -5.62. The van der Waals surface area contributed by atoms with Crippen LogP contribution >= 0.6 is 0 Å². The number of guanidine groups is 1. The number of aliphatic hydroxyl groups excluding tert-OH is 2. The lowest BCUT2D eigenvalue weighted by molar-refractivity contribution is -0.145. The first kappa shape index (κ1) is 43.4.